The number of hydrogen-bond donors (Lipinski definition) is 3. The smallest absolute Gasteiger partial charge is 0.416 e. The van der Waals surface area contributed by atoms with Crippen molar-refractivity contribution in [1.29, 1.82) is 0 Å². The second kappa shape index (κ2) is 35.7. The molecule has 2 atom stereocenters. The number of nitrogens with one attached hydrogen (secondary N) is 3. The van der Waals surface area contributed by atoms with E-state index in [1.165, 1.54) is 24.3 Å². The molecule has 3 heterocycles. The van der Waals surface area contributed by atoms with Crippen molar-refractivity contribution in [3.05, 3.63) is 185 Å². The zero-order valence-electron chi connectivity index (χ0n) is 55.4. The van der Waals surface area contributed by atoms with Gasteiger partial charge in [-0.25, -0.2) is 9.18 Å². The summed E-state index contributed by atoms with van der Waals surface area (Å²) in [4.78, 5) is 75.1. The highest BCUT2D eigenvalue weighted by Crippen LogP contribution is 2.48. The van der Waals surface area contributed by atoms with E-state index < -0.39 is 64.6 Å². The molecule has 3 aliphatic heterocycles. The van der Waals surface area contributed by atoms with Crippen molar-refractivity contribution in [2.75, 3.05) is 109 Å². The van der Waals surface area contributed by atoms with E-state index in [0.717, 1.165) is 91.1 Å². The Morgan fingerprint density at radius 3 is 1.96 bits per heavy atom. The Morgan fingerprint density at radius 2 is 1.27 bits per heavy atom. The molecule has 3 fully saturated rings. The molecule has 0 aromatic heterocycles. The van der Waals surface area contributed by atoms with E-state index >= 15 is 0 Å². The number of carbonyl (C=O) groups is 5. The molecule has 0 bridgehead atoms. The highest BCUT2D eigenvalue weighted by molar-refractivity contribution is 5.95. The van der Waals surface area contributed by atoms with Crippen LogP contribution in [0.2, 0.25) is 0 Å². The van der Waals surface area contributed by atoms with Crippen LogP contribution in [0.4, 0.5) is 52.6 Å². The van der Waals surface area contributed by atoms with Gasteiger partial charge in [0.15, 0.2) is 0 Å². The Bertz CT molecular complexity index is 3610. The fourth-order valence-corrected chi connectivity index (χ4v) is 13.5. The topological polar surface area (TPSA) is 165 Å². The van der Waals surface area contributed by atoms with Crippen molar-refractivity contribution in [2.45, 2.75) is 113 Å². The van der Waals surface area contributed by atoms with Gasteiger partial charge in [0.2, 0.25) is 17.7 Å². The molecule has 6 aromatic carbocycles. The van der Waals surface area contributed by atoms with E-state index in [1.54, 1.807) is 16.8 Å². The van der Waals surface area contributed by atoms with Crippen LogP contribution in [0.15, 0.2) is 146 Å². The number of alkyl halides is 6. The van der Waals surface area contributed by atoms with Gasteiger partial charge in [-0.2, -0.15) is 26.3 Å². The lowest BCUT2D eigenvalue weighted by Crippen LogP contribution is -2.50. The summed E-state index contributed by atoms with van der Waals surface area (Å²) in [7, 11) is 3.53. The molecule has 5 amide bonds. The number of amides is 5. The van der Waals surface area contributed by atoms with Crippen molar-refractivity contribution in [3.63, 3.8) is 0 Å². The molecule has 6 aromatic rings. The van der Waals surface area contributed by atoms with Gasteiger partial charge in [-0.3, -0.25) is 24.5 Å². The standard InChI is InChI=1S/C73H83F7N8O8.3ClH/c1-84(36-13-20-65(89)82-59-28-26-58(27-29-59)81-35-12-4-7-21-66(90)85(2)42-43-86-37-30-60(31-38-86)96-69(93)83-63-19-11-9-17-61(63)51-14-5-3-6-15-51)67(91)48-94-64-46-52-16-8-10-18-62(52)70(64)32-39-87(40-33-70)41-34-71(54-22-24-57(74)25-23-54)49-88(50-95-71)68(92)53-44-55(72(75,76)77)47-56(45-53)73(78,79)80;;;/h3,5-6,8-11,14-19,22-29,44-45,47,60,64,81H,4,7,12-13,20-21,30-43,46,48-50H2,1-2H3,(H,82,89)(H,83,93);3*1H/t64-,71-;;;/m0.../s1. The molecular weight excluding hydrogens is 1360 g/mol. The van der Waals surface area contributed by atoms with Gasteiger partial charge in [0, 0.05) is 101 Å². The number of benzene rings is 6. The lowest BCUT2D eigenvalue weighted by molar-refractivity contribution is -0.143. The number of carbonyl (C=O) groups excluding carboxylic acids is 5. The summed E-state index contributed by atoms with van der Waals surface area (Å²) in [5.41, 5.74) is 1.29. The van der Waals surface area contributed by atoms with Gasteiger partial charge in [-0.15, -0.1) is 37.2 Å². The number of likely N-dealkylation sites (N-methyl/N-ethyl adjacent to an activating group) is 2. The van der Waals surface area contributed by atoms with Crippen molar-refractivity contribution < 1.29 is 68.9 Å². The third-order valence-corrected chi connectivity index (χ3v) is 19.1. The van der Waals surface area contributed by atoms with Crippen LogP contribution in [-0.4, -0.2) is 159 Å². The van der Waals surface area contributed by atoms with Gasteiger partial charge in [0.05, 0.1) is 29.5 Å². The Balaban J connectivity index is 0.00000459. The maximum Gasteiger partial charge on any atom is 0.416 e. The molecule has 0 radical (unpaired) electrons. The third kappa shape index (κ3) is 20.8. The highest BCUT2D eigenvalue weighted by Gasteiger charge is 2.50. The molecule has 536 valence electrons. The van der Waals surface area contributed by atoms with Gasteiger partial charge >= 0.3 is 18.4 Å². The molecule has 0 saturated carbocycles. The summed E-state index contributed by atoms with van der Waals surface area (Å²) in [6.07, 6.45) is -3.94. The average Bonchev–Trinajstić information content (AvgIpc) is 1.60. The quantitative estimate of drug-likeness (QED) is 0.0350. The zero-order chi connectivity index (χ0) is 68.0. The summed E-state index contributed by atoms with van der Waals surface area (Å²) >= 11 is 0. The van der Waals surface area contributed by atoms with Crippen LogP contribution in [0.25, 0.3) is 11.1 Å². The number of nitrogens with zero attached hydrogens (tertiary/aromatic N) is 5. The monoisotopic (exact) mass is 1440 g/mol. The highest BCUT2D eigenvalue weighted by atomic mass is 35.5. The van der Waals surface area contributed by atoms with E-state index in [9.17, 15) is 54.7 Å². The van der Waals surface area contributed by atoms with Gasteiger partial charge in [0.1, 0.15) is 30.9 Å². The molecule has 10 rings (SSSR count). The zero-order valence-corrected chi connectivity index (χ0v) is 57.8. The summed E-state index contributed by atoms with van der Waals surface area (Å²) in [5, 5.41) is 9.28. The number of piperidine rings is 2. The van der Waals surface area contributed by atoms with Gasteiger partial charge in [-0.1, -0.05) is 91.3 Å². The maximum absolute atomic E-state index is 14.2. The van der Waals surface area contributed by atoms with Crippen LogP contribution in [-0.2, 0) is 58.4 Å². The molecule has 0 unspecified atom stereocenters. The molecule has 1 spiro atoms. The lowest BCUT2D eigenvalue weighted by atomic mass is 9.72. The van der Waals surface area contributed by atoms with Crippen LogP contribution in [0.3, 0.4) is 0 Å². The molecule has 99 heavy (non-hydrogen) atoms. The molecule has 3 N–H and O–H groups in total. The average molecular weight is 1440 g/mol. The summed E-state index contributed by atoms with van der Waals surface area (Å²) in [5.74, 6) is -1.89. The predicted octanol–water partition coefficient (Wildman–Crippen LogP) is 14.5. The van der Waals surface area contributed by atoms with Crippen molar-refractivity contribution in [1.82, 2.24) is 24.5 Å². The molecule has 4 aliphatic rings. The largest absolute Gasteiger partial charge is 0.446 e. The lowest BCUT2D eigenvalue weighted by Gasteiger charge is -2.44. The number of ether oxygens (including phenoxy) is 3. The van der Waals surface area contributed by atoms with Gasteiger partial charge in [0.25, 0.3) is 5.91 Å². The van der Waals surface area contributed by atoms with E-state index in [2.05, 4.69) is 37.9 Å². The minimum atomic E-state index is -5.15. The van der Waals surface area contributed by atoms with Crippen molar-refractivity contribution >= 4 is 84.0 Å². The summed E-state index contributed by atoms with van der Waals surface area (Å²) in [6.45, 7) is 4.84. The first kappa shape index (κ1) is 78.8. The number of para-hydroxylation sites is 1. The van der Waals surface area contributed by atoms with Gasteiger partial charge in [-0.05, 0) is 154 Å². The number of halogens is 10. The number of fused-ring (bicyclic) bond motifs is 2. The number of rotatable bonds is 26. The minimum Gasteiger partial charge on any atom is -0.446 e. The summed E-state index contributed by atoms with van der Waals surface area (Å²) in [6, 6.07) is 39.4. The second-order valence-corrected chi connectivity index (χ2v) is 25.6. The predicted molar refractivity (Wildman–Crippen MR) is 373 cm³/mol. The fourth-order valence-electron chi connectivity index (χ4n) is 13.5. The third-order valence-electron chi connectivity index (χ3n) is 19.1. The summed E-state index contributed by atoms with van der Waals surface area (Å²) < 4.78 is 115. The van der Waals surface area contributed by atoms with Crippen molar-refractivity contribution in [3.8, 4) is 11.1 Å². The first-order valence-corrected chi connectivity index (χ1v) is 32.9. The van der Waals surface area contributed by atoms with Gasteiger partial charge < -0.3 is 49.3 Å². The first-order valence-electron chi connectivity index (χ1n) is 32.9. The molecule has 3 saturated heterocycles. The Hall–Kier alpha value is -7.51. The van der Waals surface area contributed by atoms with E-state index in [4.69, 9.17) is 14.2 Å². The van der Waals surface area contributed by atoms with E-state index in [-0.39, 0.29) is 99.2 Å². The maximum atomic E-state index is 14.2. The van der Waals surface area contributed by atoms with Crippen LogP contribution in [0.5, 0.6) is 0 Å². The van der Waals surface area contributed by atoms with Crippen LogP contribution >= 0.6 is 37.2 Å². The Kier molecular flexibility index (Phi) is 28.4. The SMILES string of the molecule is CN(CCN1CCC(OC(=O)Nc2ccccc2-c2ccccc2)CC1)C(=O)CCCCCNc1ccc(NC(=O)CCCN(C)C(=O)CO[C@H]2Cc3ccccc3C23CCN(CC[C@@]2(c4ccc(F)cc4)CN(C(=O)c4cc(C(F)(F)F)cc(C(F)(F)F)c4)CO2)CC3)cc1.Cl.Cl.Cl. The molecular formula is C73H86Cl3F7N8O8. The number of likely N-dealkylation sites (tertiary alicyclic amines) is 2. The van der Waals surface area contributed by atoms with Crippen molar-refractivity contribution in [2.24, 2.45) is 0 Å². The van der Waals surface area contributed by atoms with E-state index in [1.807, 2.05) is 98.0 Å². The molecule has 16 nitrogen and oxygen atoms in total. The second-order valence-electron chi connectivity index (χ2n) is 25.6. The fraction of sp³-hybridized carbons (Fsp3) is 0.438. The van der Waals surface area contributed by atoms with E-state index in [0.29, 0.717) is 93.9 Å². The van der Waals surface area contributed by atoms with Crippen LogP contribution < -0.4 is 16.0 Å². The number of anilines is 3. The Labute approximate surface area is 591 Å². The first-order chi connectivity index (χ1) is 46.0. The normalized spacial score (nSPS) is 17.7. The van der Waals surface area contributed by atoms with Crippen LogP contribution in [0, 0.1) is 5.82 Å². The number of unbranched alkanes of at least 4 members (excludes halogenated alkanes) is 2. The Morgan fingerprint density at radius 1 is 0.646 bits per heavy atom. The molecule has 26 heteroatoms. The molecule has 1 aliphatic carbocycles. The van der Waals surface area contributed by atoms with Crippen LogP contribution in [0.1, 0.15) is 109 Å². The minimum absolute atomic E-state index is 0. The number of hydrogen-bond acceptors (Lipinski definition) is 11.